The molecular formula is C22H30N4O7. The monoisotopic (exact) mass is 462 g/mol. The Morgan fingerprint density at radius 3 is 2.42 bits per heavy atom. The molecule has 0 unspecified atom stereocenters. The molecule has 11 heteroatoms. The van der Waals surface area contributed by atoms with Gasteiger partial charge in [0, 0.05) is 25.2 Å². The number of nitrogens with zero attached hydrogens (tertiary/aromatic N) is 1. The van der Waals surface area contributed by atoms with Gasteiger partial charge in [-0.05, 0) is 30.2 Å². The summed E-state index contributed by atoms with van der Waals surface area (Å²) in [6, 6.07) is 3.38. The predicted octanol–water partition coefficient (Wildman–Crippen LogP) is -0.592. The number of benzene rings is 1. The van der Waals surface area contributed by atoms with E-state index in [9.17, 15) is 24.0 Å². The summed E-state index contributed by atoms with van der Waals surface area (Å²) in [5, 5.41) is 17.0. The minimum Gasteiger partial charge on any atom is -0.497 e. The quantitative estimate of drug-likeness (QED) is 0.337. The number of piperazine rings is 1. The third kappa shape index (κ3) is 7.01. The third-order valence-electron chi connectivity index (χ3n) is 5.29. The number of aldehydes is 1. The average Bonchev–Trinajstić information content (AvgIpc) is 2.80. The number of carbonyl (C=O) groups excluding carboxylic acids is 4. The number of rotatable bonds is 10. The molecule has 1 aliphatic heterocycles. The number of nitrogens with one attached hydrogen (secondary N) is 3. The number of ether oxygens (including phenoxy) is 1. The summed E-state index contributed by atoms with van der Waals surface area (Å²) >= 11 is 0. The van der Waals surface area contributed by atoms with Gasteiger partial charge in [0.05, 0.1) is 19.6 Å². The molecule has 1 heterocycles. The number of methoxy groups -OCH3 is 1. The summed E-state index contributed by atoms with van der Waals surface area (Å²) in [6.45, 7) is 4.35. The molecule has 1 aliphatic rings. The zero-order valence-corrected chi connectivity index (χ0v) is 18.9. The SMILES string of the molecule is COc1ccc(C(=O)N[C@H](C(=O)N2CCNC[C@H]2C(=O)N[C@H](C=O)CC(=O)O)C(C)C)cc1. The number of aliphatic carboxylic acids is 1. The second-order valence-electron chi connectivity index (χ2n) is 8.02. The van der Waals surface area contributed by atoms with Gasteiger partial charge >= 0.3 is 5.97 Å². The zero-order chi connectivity index (χ0) is 24.5. The van der Waals surface area contributed by atoms with Crippen LogP contribution < -0.4 is 20.7 Å². The average molecular weight is 463 g/mol. The Bertz CT molecular complexity index is 872. The third-order valence-corrected chi connectivity index (χ3v) is 5.29. The van der Waals surface area contributed by atoms with Gasteiger partial charge in [0.1, 0.15) is 24.1 Å². The maximum atomic E-state index is 13.4. The minimum atomic E-state index is -1.23. The molecule has 0 aliphatic carbocycles. The van der Waals surface area contributed by atoms with Crippen LogP contribution in [0.1, 0.15) is 30.6 Å². The van der Waals surface area contributed by atoms with Gasteiger partial charge in [0.25, 0.3) is 5.91 Å². The zero-order valence-electron chi connectivity index (χ0n) is 18.9. The van der Waals surface area contributed by atoms with Crippen LogP contribution in [0, 0.1) is 5.92 Å². The van der Waals surface area contributed by atoms with E-state index in [0.29, 0.717) is 24.1 Å². The molecule has 2 rings (SSSR count). The van der Waals surface area contributed by atoms with Gasteiger partial charge in [-0.25, -0.2) is 0 Å². The van der Waals surface area contributed by atoms with Crippen LogP contribution in [0.5, 0.6) is 5.75 Å². The lowest BCUT2D eigenvalue weighted by atomic mass is 10.00. The Labute approximate surface area is 191 Å². The molecule has 0 saturated carbocycles. The maximum Gasteiger partial charge on any atom is 0.305 e. The highest BCUT2D eigenvalue weighted by atomic mass is 16.5. The molecule has 1 aromatic rings. The Hall–Kier alpha value is -3.47. The number of carboxylic acid groups (broad SMARTS) is 1. The minimum absolute atomic E-state index is 0.132. The Balaban J connectivity index is 2.16. The molecule has 1 saturated heterocycles. The van der Waals surface area contributed by atoms with Crippen LogP contribution in [0.15, 0.2) is 24.3 Å². The molecule has 0 aromatic heterocycles. The van der Waals surface area contributed by atoms with Gasteiger partial charge < -0.3 is 35.5 Å². The van der Waals surface area contributed by atoms with Gasteiger partial charge in [0.15, 0.2) is 0 Å². The van der Waals surface area contributed by atoms with Crippen molar-refractivity contribution in [1.29, 1.82) is 0 Å². The van der Waals surface area contributed by atoms with E-state index >= 15 is 0 Å². The number of amides is 3. The highest BCUT2D eigenvalue weighted by Crippen LogP contribution is 2.15. The van der Waals surface area contributed by atoms with Crippen LogP contribution in [-0.2, 0) is 19.2 Å². The Morgan fingerprint density at radius 1 is 1.21 bits per heavy atom. The smallest absolute Gasteiger partial charge is 0.305 e. The largest absolute Gasteiger partial charge is 0.497 e. The molecule has 0 radical (unpaired) electrons. The second kappa shape index (κ2) is 12.0. The van der Waals surface area contributed by atoms with E-state index in [-0.39, 0.29) is 19.0 Å². The highest BCUT2D eigenvalue weighted by Gasteiger charge is 2.38. The number of hydrogen-bond donors (Lipinski definition) is 4. The highest BCUT2D eigenvalue weighted by molar-refractivity contribution is 5.99. The van der Waals surface area contributed by atoms with Crippen molar-refractivity contribution in [3.05, 3.63) is 29.8 Å². The van der Waals surface area contributed by atoms with Gasteiger partial charge in [-0.1, -0.05) is 13.8 Å². The van der Waals surface area contributed by atoms with E-state index in [0.717, 1.165) is 0 Å². The molecule has 33 heavy (non-hydrogen) atoms. The van der Waals surface area contributed by atoms with Gasteiger partial charge in [-0.2, -0.15) is 0 Å². The van der Waals surface area contributed by atoms with E-state index in [1.54, 1.807) is 38.1 Å². The van der Waals surface area contributed by atoms with Crippen LogP contribution in [0.2, 0.25) is 0 Å². The normalized spacial score (nSPS) is 17.6. The number of hydrogen-bond acceptors (Lipinski definition) is 7. The van der Waals surface area contributed by atoms with E-state index < -0.39 is 48.2 Å². The molecule has 3 amide bonds. The van der Waals surface area contributed by atoms with Crippen molar-refractivity contribution >= 4 is 30.0 Å². The summed E-state index contributed by atoms with van der Waals surface area (Å²) < 4.78 is 5.09. The fourth-order valence-electron chi connectivity index (χ4n) is 3.46. The van der Waals surface area contributed by atoms with Crippen LogP contribution in [0.4, 0.5) is 0 Å². The van der Waals surface area contributed by atoms with Gasteiger partial charge in [-0.3, -0.25) is 19.2 Å². The lowest BCUT2D eigenvalue weighted by molar-refractivity contribution is -0.145. The van der Waals surface area contributed by atoms with Crippen molar-refractivity contribution in [2.45, 2.75) is 38.4 Å². The molecule has 3 atom stereocenters. The Morgan fingerprint density at radius 2 is 1.88 bits per heavy atom. The van der Waals surface area contributed by atoms with Crippen molar-refractivity contribution in [2.75, 3.05) is 26.7 Å². The van der Waals surface area contributed by atoms with Crippen molar-refractivity contribution in [2.24, 2.45) is 5.92 Å². The number of carbonyl (C=O) groups is 5. The first-order valence-electron chi connectivity index (χ1n) is 10.6. The number of carboxylic acids is 1. The van der Waals surface area contributed by atoms with E-state index in [4.69, 9.17) is 9.84 Å². The molecule has 0 spiro atoms. The lowest BCUT2D eigenvalue weighted by Crippen LogP contribution is -2.64. The van der Waals surface area contributed by atoms with Crippen LogP contribution in [0.25, 0.3) is 0 Å². The fraction of sp³-hybridized carbons (Fsp3) is 0.500. The van der Waals surface area contributed by atoms with Gasteiger partial charge in [0.2, 0.25) is 11.8 Å². The van der Waals surface area contributed by atoms with E-state index in [1.807, 2.05) is 0 Å². The standard InChI is InChI=1S/C22H30N4O7/c1-13(2)19(25-20(30)14-4-6-16(33-3)7-5-14)22(32)26-9-8-23-11-17(26)21(31)24-15(12-27)10-18(28)29/h4-7,12-13,15,17,19,23H,8-11H2,1-3H3,(H,24,31)(H,25,30)(H,28,29)/t15-,17-,19-/m0/s1. The topological polar surface area (TPSA) is 154 Å². The molecule has 11 nitrogen and oxygen atoms in total. The van der Waals surface area contributed by atoms with Gasteiger partial charge in [-0.15, -0.1) is 0 Å². The summed E-state index contributed by atoms with van der Waals surface area (Å²) in [6.07, 6.45) is -0.212. The Kier molecular flexibility index (Phi) is 9.34. The summed E-state index contributed by atoms with van der Waals surface area (Å²) in [5.74, 6) is -2.43. The van der Waals surface area contributed by atoms with E-state index in [1.165, 1.54) is 12.0 Å². The molecule has 180 valence electrons. The van der Waals surface area contributed by atoms with Crippen molar-refractivity contribution < 1.29 is 33.8 Å². The first-order chi connectivity index (χ1) is 15.7. The molecule has 0 bridgehead atoms. The van der Waals surface area contributed by atoms with Crippen LogP contribution in [-0.4, -0.2) is 84.9 Å². The summed E-state index contributed by atoms with van der Waals surface area (Å²) in [7, 11) is 1.52. The molecule has 4 N–H and O–H groups in total. The van der Waals surface area contributed by atoms with Crippen molar-refractivity contribution in [1.82, 2.24) is 20.9 Å². The molecule has 1 fully saturated rings. The first-order valence-corrected chi connectivity index (χ1v) is 10.6. The van der Waals surface area contributed by atoms with Crippen molar-refractivity contribution in [3.63, 3.8) is 0 Å². The first kappa shape index (κ1) is 25.8. The van der Waals surface area contributed by atoms with E-state index in [2.05, 4.69) is 16.0 Å². The maximum absolute atomic E-state index is 13.4. The predicted molar refractivity (Wildman–Crippen MR) is 118 cm³/mol. The van der Waals surface area contributed by atoms with Crippen LogP contribution >= 0.6 is 0 Å². The molecular weight excluding hydrogens is 432 g/mol. The lowest BCUT2D eigenvalue weighted by Gasteiger charge is -2.38. The van der Waals surface area contributed by atoms with Crippen molar-refractivity contribution in [3.8, 4) is 5.75 Å². The second-order valence-corrected chi connectivity index (χ2v) is 8.02. The summed E-state index contributed by atoms with van der Waals surface area (Å²) in [4.78, 5) is 62.3. The van der Waals surface area contributed by atoms with Crippen LogP contribution in [0.3, 0.4) is 0 Å². The fourth-order valence-corrected chi connectivity index (χ4v) is 3.46. The summed E-state index contributed by atoms with van der Waals surface area (Å²) in [5.41, 5.74) is 0.353. The molecule has 1 aromatic carbocycles.